The SMILES string of the molecule is CCCCOc1nc(N)c2c(n1)N(CCCCN1CCN(C3CCCC3)CC1)C(C=O)N2. The van der Waals surface area contributed by atoms with Gasteiger partial charge in [-0.1, -0.05) is 26.2 Å². The van der Waals surface area contributed by atoms with Crippen molar-refractivity contribution in [2.75, 3.05) is 61.8 Å². The van der Waals surface area contributed by atoms with Crippen LogP contribution in [0.15, 0.2) is 0 Å². The minimum absolute atomic E-state index is 0.285. The van der Waals surface area contributed by atoms with E-state index in [4.69, 9.17) is 10.5 Å². The molecule has 3 heterocycles. The molecule has 2 aliphatic heterocycles. The molecule has 9 nitrogen and oxygen atoms in total. The van der Waals surface area contributed by atoms with Crippen molar-refractivity contribution < 1.29 is 9.53 Å². The van der Waals surface area contributed by atoms with Crippen molar-refractivity contribution in [1.29, 1.82) is 0 Å². The maximum absolute atomic E-state index is 11.7. The molecule has 1 atom stereocenters. The molecule has 1 saturated heterocycles. The van der Waals surface area contributed by atoms with E-state index in [2.05, 4.69) is 32.0 Å². The monoisotopic (exact) mass is 445 g/mol. The predicted octanol–water partition coefficient (Wildman–Crippen LogP) is 2.33. The molecule has 0 radical (unpaired) electrons. The zero-order valence-corrected chi connectivity index (χ0v) is 19.5. The lowest BCUT2D eigenvalue weighted by Crippen LogP contribution is -2.49. The van der Waals surface area contributed by atoms with Gasteiger partial charge in [0, 0.05) is 38.8 Å². The number of rotatable bonds is 11. The number of nitrogens with one attached hydrogen (secondary N) is 1. The first-order valence-electron chi connectivity index (χ1n) is 12.4. The third-order valence-electron chi connectivity index (χ3n) is 7.03. The summed E-state index contributed by atoms with van der Waals surface area (Å²) in [4.78, 5) is 27.7. The summed E-state index contributed by atoms with van der Waals surface area (Å²) in [5.41, 5.74) is 6.75. The van der Waals surface area contributed by atoms with Crippen LogP contribution in [0.2, 0.25) is 0 Å². The molecule has 0 amide bonds. The molecule has 3 N–H and O–H groups in total. The summed E-state index contributed by atoms with van der Waals surface area (Å²) < 4.78 is 5.66. The fourth-order valence-corrected chi connectivity index (χ4v) is 5.11. The highest BCUT2D eigenvalue weighted by Crippen LogP contribution is 2.37. The van der Waals surface area contributed by atoms with Crippen LogP contribution in [0.1, 0.15) is 58.3 Å². The molecule has 32 heavy (non-hydrogen) atoms. The van der Waals surface area contributed by atoms with Gasteiger partial charge in [0.05, 0.1) is 6.61 Å². The number of aromatic nitrogens is 2. The van der Waals surface area contributed by atoms with Gasteiger partial charge < -0.3 is 25.6 Å². The van der Waals surface area contributed by atoms with Gasteiger partial charge in [-0.05, 0) is 38.6 Å². The van der Waals surface area contributed by atoms with Crippen LogP contribution in [0, 0.1) is 0 Å². The average Bonchev–Trinajstić information content (AvgIpc) is 3.46. The molecule has 3 aliphatic rings. The molecule has 9 heteroatoms. The number of piperazine rings is 1. The topological polar surface area (TPSA) is 99.8 Å². The Hall–Kier alpha value is -2.13. The summed E-state index contributed by atoms with van der Waals surface area (Å²) in [6.45, 7) is 9.28. The van der Waals surface area contributed by atoms with Crippen molar-refractivity contribution in [2.45, 2.75) is 70.5 Å². The van der Waals surface area contributed by atoms with Crippen LogP contribution in [0.25, 0.3) is 0 Å². The molecular weight excluding hydrogens is 406 g/mol. The van der Waals surface area contributed by atoms with Crippen molar-refractivity contribution in [3.63, 3.8) is 0 Å². The minimum atomic E-state index is -0.456. The second-order valence-corrected chi connectivity index (χ2v) is 9.23. The lowest BCUT2D eigenvalue weighted by molar-refractivity contribution is -0.108. The molecule has 1 aromatic heterocycles. The molecule has 2 fully saturated rings. The summed E-state index contributed by atoms with van der Waals surface area (Å²) in [5.74, 6) is 1.00. The Morgan fingerprint density at radius 3 is 2.56 bits per heavy atom. The van der Waals surface area contributed by atoms with E-state index in [0.717, 1.165) is 51.1 Å². The molecule has 0 aromatic carbocycles. The van der Waals surface area contributed by atoms with Crippen molar-refractivity contribution in [2.24, 2.45) is 0 Å². The van der Waals surface area contributed by atoms with Gasteiger partial charge in [-0.15, -0.1) is 0 Å². The van der Waals surface area contributed by atoms with Gasteiger partial charge in [0.2, 0.25) is 0 Å². The summed E-state index contributed by atoms with van der Waals surface area (Å²) >= 11 is 0. The maximum atomic E-state index is 11.7. The number of unbranched alkanes of at least 4 members (excludes halogenated alkanes) is 2. The summed E-state index contributed by atoms with van der Waals surface area (Å²) in [7, 11) is 0. The fourth-order valence-electron chi connectivity index (χ4n) is 5.11. The smallest absolute Gasteiger partial charge is 0.320 e. The van der Waals surface area contributed by atoms with Crippen molar-refractivity contribution in [3.8, 4) is 6.01 Å². The third-order valence-corrected chi connectivity index (χ3v) is 7.03. The van der Waals surface area contributed by atoms with Gasteiger partial charge in [-0.2, -0.15) is 9.97 Å². The lowest BCUT2D eigenvalue weighted by atomic mass is 10.1. The quantitative estimate of drug-likeness (QED) is 0.393. The zero-order chi connectivity index (χ0) is 22.3. The number of hydrogen-bond acceptors (Lipinski definition) is 9. The molecule has 0 bridgehead atoms. The van der Waals surface area contributed by atoms with Crippen molar-refractivity contribution in [3.05, 3.63) is 0 Å². The molecule has 0 spiro atoms. The van der Waals surface area contributed by atoms with Gasteiger partial charge in [-0.3, -0.25) is 9.69 Å². The first-order valence-corrected chi connectivity index (χ1v) is 12.4. The number of fused-ring (bicyclic) bond motifs is 1. The largest absolute Gasteiger partial charge is 0.463 e. The van der Waals surface area contributed by atoms with Crippen LogP contribution in [-0.2, 0) is 4.79 Å². The van der Waals surface area contributed by atoms with Crippen LogP contribution in [0.3, 0.4) is 0 Å². The molecule has 4 rings (SSSR count). The first kappa shape index (κ1) is 23.0. The van der Waals surface area contributed by atoms with Gasteiger partial charge in [0.25, 0.3) is 0 Å². The van der Waals surface area contributed by atoms with E-state index >= 15 is 0 Å². The Balaban J connectivity index is 1.25. The van der Waals surface area contributed by atoms with E-state index in [0.29, 0.717) is 23.9 Å². The number of nitrogens with zero attached hydrogens (tertiary/aromatic N) is 5. The second-order valence-electron chi connectivity index (χ2n) is 9.23. The number of carbonyl (C=O) groups is 1. The highest BCUT2D eigenvalue weighted by Gasteiger charge is 2.33. The van der Waals surface area contributed by atoms with E-state index in [1.165, 1.54) is 51.9 Å². The number of nitrogen functional groups attached to an aromatic ring is 1. The van der Waals surface area contributed by atoms with E-state index < -0.39 is 6.17 Å². The van der Waals surface area contributed by atoms with E-state index in [1.807, 2.05) is 4.90 Å². The Labute approximate surface area is 191 Å². The highest BCUT2D eigenvalue weighted by atomic mass is 16.5. The van der Waals surface area contributed by atoms with Gasteiger partial charge >= 0.3 is 6.01 Å². The Kier molecular flexibility index (Phi) is 8.02. The fraction of sp³-hybridized carbons (Fsp3) is 0.783. The van der Waals surface area contributed by atoms with Gasteiger partial charge in [0.15, 0.2) is 24.1 Å². The third kappa shape index (κ3) is 5.43. The molecule has 178 valence electrons. The maximum Gasteiger partial charge on any atom is 0.320 e. The normalized spacial score (nSPS) is 22.2. The van der Waals surface area contributed by atoms with E-state index in [-0.39, 0.29) is 6.01 Å². The second kappa shape index (κ2) is 11.1. The Bertz CT molecular complexity index is 748. The van der Waals surface area contributed by atoms with E-state index in [9.17, 15) is 4.79 Å². The van der Waals surface area contributed by atoms with E-state index in [1.54, 1.807) is 0 Å². The number of anilines is 3. The molecule has 1 aliphatic carbocycles. The van der Waals surface area contributed by atoms with Gasteiger partial charge in [-0.25, -0.2) is 0 Å². The van der Waals surface area contributed by atoms with Crippen molar-refractivity contribution >= 4 is 23.6 Å². The number of nitrogens with two attached hydrogens (primary N) is 1. The number of ether oxygens (including phenoxy) is 1. The minimum Gasteiger partial charge on any atom is -0.463 e. The number of aldehydes is 1. The Morgan fingerprint density at radius 1 is 1.09 bits per heavy atom. The first-order chi connectivity index (χ1) is 15.7. The predicted molar refractivity (Wildman–Crippen MR) is 127 cm³/mol. The zero-order valence-electron chi connectivity index (χ0n) is 19.5. The Morgan fingerprint density at radius 2 is 1.84 bits per heavy atom. The number of carbonyl (C=O) groups excluding carboxylic acids is 1. The van der Waals surface area contributed by atoms with Crippen LogP contribution in [0.4, 0.5) is 17.3 Å². The van der Waals surface area contributed by atoms with Gasteiger partial charge in [0.1, 0.15) is 5.69 Å². The van der Waals surface area contributed by atoms with Crippen molar-refractivity contribution in [1.82, 2.24) is 19.8 Å². The van der Waals surface area contributed by atoms with Crippen LogP contribution in [-0.4, -0.2) is 84.1 Å². The molecule has 1 aromatic rings. The summed E-state index contributed by atoms with van der Waals surface area (Å²) in [6.07, 6.45) is 10.1. The van der Waals surface area contributed by atoms with Crippen LogP contribution in [0.5, 0.6) is 6.01 Å². The summed E-state index contributed by atoms with van der Waals surface area (Å²) in [5, 5.41) is 3.16. The standard InChI is InChI=1S/C23H39N7O2/c1-2-3-16-32-23-26-21(24)20-22(27-23)30(19(17-31)25-20)11-7-6-10-28-12-14-29(15-13-28)18-8-4-5-9-18/h17-19,25H,2-16H2,1H3,(H2,24,26,27). The molecule has 1 unspecified atom stereocenters. The molecular formula is C23H39N7O2. The average molecular weight is 446 g/mol. The lowest BCUT2D eigenvalue weighted by Gasteiger charge is -2.38. The van der Waals surface area contributed by atoms with Crippen LogP contribution < -0.4 is 20.7 Å². The van der Waals surface area contributed by atoms with Crippen LogP contribution >= 0.6 is 0 Å². The molecule has 1 saturated carbocycles. The highest BCUT2D eigenvalue weighted by molar-refractivity contribution is 5.87. The summed E-state index contributed by atoms with van der Waals surface area (Å²) in [6, 6.07) is 1.12. The number of hydrogen-bond donors (Lipinski definition) is 2.